The van der Waals surface area contributed by atoms with E-state index >= 15 is 0 Å². The molecule has 0 amide bonds. The summed E-state index contributed by atoms with van der Waals surface area (Å²) >= 11 is 0. The van der Waals surface area contributed by atoms with E-state index in [1.807, 2.05) is 0 Å². The first-order valence-corrected chi connectivity index (χ1v) is 4.33. The Kier molecular flexibility index (Phi) is 3.80. The van der Waals surface area contributed by atoms with E-state index in [1.165, 1.54) is 6.92 Å². The van der Waals surface area contributed by atoms with Gasteiger partial charge in [-0.1, -0.05) is 0 Å². The summed E-state index contributed by atoms with van der Waals surface area (Å²) in [6, 6.07) is 0. The number of hydrogen-bond donors (Lipinski definition) is 2. The van der Waals surface area contributed by atoms with Gasteiger partial charge in [0.05, 0.1) is 5.37 Å². The van der Waals surface area contributed by atoms with E-state index in [4.69, 9.17) is 5.73 Å². The van der Waals surface area contributed by atoms with Crippen molar-refractivity contribution < 1.29 is 13.0 Å². The first kappa shape index (κ1) is 9.83. The average Bonchev–Trinajstić information content (AvgIpc) is 1.80. The van der Waals surface area contributed by atoms with Gasteiger partial charge in [-0.25, -0.2) is 8.42 Å². The lowest BCUT2D eigenvalue weighted by atomic mass is 10.6. The van der Waals surface area contributed by atoms with Crippen molar-refractivity contribution in [2.75, 3.05) is 13.1 Å². The molecule has 0 aromatic carbocycles. The quantitative estimate of drug-likeness (QED) is 0.493. The van der Waals surface area contributed by atoms with Crippen LogP contribution in [0.4, 0.5) is 0 Å². The smallest absolute Gasteiger partial charge is 0.111 e. The van der Waals surface area contributed by atoms with E-state index in [2.05, 4.69) is 5.32 Å². The van der Waals surface area contributed by atoms with Crippen LogP contribution in [0.3, 0.4) is 0 Å². The summed E-state index contributed by atoms with van der Waals surface area (Å²) in [6.07, 6.45) is 0. The predicted molar refractivity (Wildman–Crippen MR) is 36.2 cm³/mol. The molecule has 10 heavy (non-hydrogen) atoms. The Balaban J connectivity index is 3.75. The fourth-order valence-corrected chi connectivity index (χ4v) is 0.711. The summed E-state index contributed by atoms with van der Waals surface area (Å²) in [5.41, 5.74) is 5.06. The van der Waals surface area contributed by atoms with Crippen molar-refractivity contribution in [1.29, 1.82) is 0 Å². The molecule has 0 rings (SSSR count). The standard InChI is InChI=1S/C4H12N2O3S/c1-4(6-3-2-5)10(7,8)9/h4,6H,2-3,5H2,1H3,(H,7,8,9)/p-1. The van der Waals surface area contributed by atoms with Gasteiger partial charge in [-0.2, -0.15) is 0 Å². The Morgan fingerprint density at radius 2 is 2.20 bits per heavy atom. The van der Waals surface area contributed by atoms with Crippen molar-refractivity contribution in [2.24, 2.45) is 5.73 Å². The zero-order valence-corrected chi connectivity index (χ0v) is 6.52. The van der Waals surface area contributed by atoms with Crippen LogP contribution >= 0.6 is 0 Å². The van der Waals surface area contributed by atoms with Crippen molar-refractivity contribution in [3.8, 4) is 0 Å². The van der Waals surface area contributed by atoms with Crippen molar-refractivity contribution in [1.82, 2.24) is 5.32 Å². The van der Waals surface area contributed by atoms with Gasteiger partial charge in [-0.15, -0.1) is 0 Å². The molecule has 0 aliphatic rings. The van der Waals surface area contributed by atoms with E-state index in [1.54, 1.807) is 0 Å². The second-order valence-corrected chi connectivity index (χ2v) is 3.57. The van der Waals surface area contributed by atoms with Crippen molar-refractivity contribution in [3.05, 3.63) is 0 Å². The second-order valence-electron chi connectivity index (χ2n) is 1.88. The lowest BCUT2D eigenvalue weighted by molar-refractivity contribution is 0.439. The Morgan fingerprint density at radius 3 is 2.50 bits per heavy atom. The van der Waals surface area contributed by atoms with Crippen LogP contribution in [0.1, 0.15) is 6.92 Å². The van der Waals surface area contributed by atoms with Crippen LogP contribution in [-0.4, -0.2) is 31.4 Å². The van der Waals surface area contributed by atoms with Crippen molar-refractivity contribution in [2.45, 2.75) is 12.3 Å². The summed E-state index contributed by atoms with van der Waals surface area (Å²) in [5.74, 6) is 0. The minimum absolute atomic E-state index is 0.319. The maximum Gasteiger partial charge on any atom is 0.111 e. The number of nitrogens with one attached hydrogen (secondary N) is 1. The molecular formula is C4H11N2O3S-. The molecule has 6 heteroatoms. The van der Waals surface area contributed by atoms with E-state index in [-0.39, 0.29) is 0 Å². The average molecular weight is 167 g/mol. The van der Waals surface area contributed by atoms with Crippen molar-refractivity contribution in [3.63, 3.8) is 0 Å². The topological polar surface area (TPSA) is 95.2 Å². The molecule has 1 atom stereocenters. The molecular weight excluding hydrogens is 156 g/mol. The SMILES string of the molecule is CC(NCCN)S(=O)(=O)[O-]. The lowest BCUT2D eigenvalue weighted by Crippen LogP contribution is -2.36. The number of hydrogen-bond acceptors (Lipinski definition) is 5. The Bertz CT molecular complexity index is 177. The van der Waals surface area contributed by atoms with Gasteiger partial charge in [-0.3, -0.25) is 0 Å². The van der Waals surface area contributed by atoms with Gasteiger partial charge in [0.25, 0.3) is 0 Å². The molecule has 0 bridgehead atoms. The molecule has 0 radical (unpaired) electrons. The van der Waals surface area contributed by atoms with Crippen LogP contribution in [0, 0.1) is 0 Å². The highest BCUT2D eigenvalue weighted by molar-refractivity contribution is 7.86. The lowest BCUT2D eigenvalue weighted by Gasteiger charge is -2.16. The van der Waals surface area contributed by atoms with Gasteiger partial charge in [0.2, 0.25) is 0 Å². The molecule has 0 saturated carbocycles. The first-order valence-electron chi connectivity index (χ1n) is 2.86. The predicted octanol–water partition coefficient (Wildman–Crippen LogP) is -1.57. The molecule has 5 nitrogen and oxygen atoms in total. The molecule has 0 heterocycles. The summed E-state index contributed by atoms with van der Waals surface area (Å²) < 4.78 is 30.5. The summed E-state index contributed by atoms with van der Waals surface area (Å²) in [5, 5.41) is 1.40. The van der Waals surface area contributed by atoms with Crippen LogP contribution in [0.25, 0.3) is 0 Å². The van der Waals surface area contributed by atoms with Crippen LogP contribution in [-0.2, 0) is 10.1 Å². The Hall–Kier alpha value is -0.170. The van der Waals surface area contributed by atoms with Gasteiger partial charge in [0.1, 0.15) is 10.1 Å². The maximum atomic E-state index is 10.2. The fraction of sp³-hybridized carbons (Fsp3) is 1.00. The van der Waals surface area contributed by atoms with Gasteiger partial charge < -0.3 is 15.6 Å². The van der Waals surface area contributed by atoms with Gasteiger partial charge in [-0.05, 0) is 6.92 Å². The van der Waals surface area contributed by atoms with Crippen LogP contribution in [0.2, 0.25) is 0 Å². The van der Waals surface area contributed by atoms with E-state index in [0.29, 0.717) is 13.1 Å². The molecule has 0 aromatic heterocycles. The third kappa shape index (κ3) is 3.78. The van der Waals surface area contributed by atoms with Crippen LogP contribution in [0.5, 0.6) is 0 Å². The summed E-state index contributed by atoms with van der Waals surface area (Å²) in [4.78, 5) is 0. The highest BCUT2D eigenvalue weighted by Gasteiger charge is 2.06. The first-order chi connectivity index (χ1) is 4.48. The molecule has 3 N–H and O–H groups in total. The molecule has 0 aromatic rings. The fourth-order valence-electron chi connectivity index (χ4n) is 0.389. The maximum absolute atomic E-state index is 10.2. The Morgan fingerprint density at radius 1 is 1.70 bits per heavy atom. The Labute approximate surface area is 60.4 Å². The molecule has 62 valence electrons. The summed E-state index contributed by atoms with van der Waals surface area (Å²) in [6.45, 7) is 1.94. The van der Waals surface area contributed by atoms with Crippen LogP contribution < -0.4 is 11.1 Å². The molecule has 0 spiro atoms. The zero-order chi connectivity index (χ0) is 8.20. The highest BCUT2D eigenvalue weighted by atomic mass is 32.2. The molecule has 0 saturated heterocycles. The normalized spacial score (nSPS) is 15.1. The molecule has 0 aliphatic carbocycles. The zero-order valence-electron chi connectivity index (χ0n) is 5.70. The number of nitrogens with two attached hydrogens (primary N) is 1. The monoisotopic (exact) mass is 167 g/mol. The third-order valence-corrected chi connectivity index (χ3v) is 2.04. The van der Waals surface area contributed by atoms with E-state index in [9.17, 15) is 13.0 Å². The third-order valence-electron chi connectivity index (χ3n) is 1.01. The van der Waals surface area contributed by atoms with E-state index in [0.717, 1.165) is 0 Å². The van der Waals surface area contributed by atoms with E-state index < -0.39 is 15.5 Å². The minimum atomic E-state index is -4.19. The van der Waals surface area contributed by atoms with Crippen LogP contribution in [0.15, 0.2) is 0 Å². The van der Waals surface area contributed by atoms with Gasteiger partial charge in [0.15, 0.2) is 0 Å². The molecule has 1 unspecified atom stereocenters. The number of rotatable bonds is 4. The van der Waals surface area contributed by atoms with Gasteiger partial charge in [0, 0.05) is 13.1 Å². The van der Waals surface area contributed by atoms with Crippen molar-refractivity contribution >= 4 is 10.1 Å². The largest absolute Gasteiger partial charge is 0.747 e. The highest BCUT2D eigenvalue weighted by Crippen LogP contribution is 1.89. The molecule has 0 fully saturated rings. The minimum Gasteiger partial charge on any atom is -0.747 e. The van der Waals surface area contributed by atoms with Gasteiger partial charge >= 0.3 is 0 Å². The second kappa shape index (κ2) is 3.87. The molecule has 0 aliphatic heterocycles. The summed E-state index contributed by atoms with van der Waals surface area (Å²) in [7, 11) is -4.19.